The molecule has 18 heavy (non-hydrogen) atoms. The fourth-order valence-corrected chi connectivity index (χ4v) is 1.28. The molecule has 0 radical (unpaired) electrons. The van der Waals surface area contributed by atoms with Crippen molar-refractivity contribution in [1.29, 1.82) is 0 Å². The first kappa shape index (κ1) is 13.6. The number of nitrogens with one attached hydrogen (secondary N) is 1. The third-order valence-electron chi connectivity index (χ3n) is 2.09. The molecule has 0 atom stereocenters. The van der Waals surface area contributed by atoms with Gasteiger partial charge in [0.1, 0.15) is 0 Å². The quantitative estimate of drug-likeness (QED) is 0.338. The zero-order valence-corrected chi connectivity index (χ0v) is 10.0. The molecule has 98 valence electrons. The van der Waals surface area contributed by atoms with Gasteiger partial charge in [0.15, 0.2) is 16.5 Å². The molecule has 0 aromatic heterocycles. The van der Waals surface area contributed by atoms with E-state index in [-0.39, 0.29) is 12.5 Å². The van der Waals surface area contributed by atoms with Gasteiger partial charge in [-0.15, -0.1) is 0 Å². The van der Waals surface area contributed by atoms with Gasteiger partial charge < -0.3 is 15.2 Å². The van der Waals surface area contributed by atoms with E-state index in [2.05, 4.69) is 4.99 Å². The van der Waals surface area contributed by atoms with E-state index >= 15 is 0 Å². The van der Waals surface area contributed by atoms with E-state index < -0.39 is 5.03 Å². The largest absolute Gasteiger partial charge is 0.493 e. The maximum absolute atomic E-state index is 10.1. The number of hydrazine groups is 1. The minimum atomic E-state index is -0.770. The van der Waals surface area contributed by atoms with Crippen LogP contribution in [0.1, 0.15) is 5.56 Å². The lowest BCUT2D eigenvalue weighted by Gasteiger charge is -2.08. The summed E-state index contributed by atoms with van der Waals surface area (Å²) in [6.07, 6.45) is 0. The lowest BCUT2D eigenvalue weighted by molar-refractivity contribution is -0.525. The van der Waals surface area contributed by atoms with Crippen LogP contribution in [-0.2, 0) is 6.54 Å². The van der Waals surface area contributed by atoms with Gasteiger partial charge in [-0.05, 0) is 17.7 Å². The molecule has 0 saturated heterocycles. The number of nitro groups is 1. The average molecular weight is 254 g/mol. The van der Waals surface area contributed by atoms with E-state index in [1.807, 2.05) is 0 Å². The molecule has 0 saturated carbocycles. The summed E-state index contributed by atoms with van der Waals surface area (Å²) in [5, 5.41) is 9.33. The average Bonchev–Trinajstić information content (AvgIpc) is 2.35. The number of ether oxygens (including phenoxy) is 2. The Kier molecular flexibility index (Phi) is 4.73. The Bertz CT molecular complexity index is 461. The maximum Gasteiger partial charge on any atom is 0.251 e. The molecule has 0 fully saturated rings. The first-order valence-electron chi connectivity index (χ1n) is 4.98. The summed E-state index contributed by atoms with van der Waals surface area (Å²) < 4.78 is 10.2. The van der Waals surface area contributed by atoms with Crippen molar-refractivity contribution in [2.24, 2.45) is 10.7 Å². The SMILES string of the molecule is COc1ccc(CN=C(N)N[N+](=O)[O-])cc1OC. The van der Waals surface area contributed by atoms with Gasteiger partial charge in [0.25, 0.3) is 5.96 Å². The van der Waals surface area contributed by atoms with Crippen molar-refractivity contribution in [2.45, 2.75) is 6.54 Å². The van der Waals surface area contributed by atoms with Gasteiger partial charge in [-0.3, -0.25) is 0 Å². The summed E-state index contributed by atoms with van der Waals surface area (Å²) in [7, 11) is 3.06. The van der Waals surface area contributed by atoms with Crippen LogP contribution in [0.25, 0.3) is 0 Å². The summed E-state index contributed by atoms with van der Waals surface area (Å²) in [5.74, 6) is 0.905. The summed E-state index contributed by atoms with van der Waals surface area (Å²) in [6.45, 7) is 0.201. The Morgan fingerprint density at radius 1 is 1.44 bits per heavy atom. The van der Waals surface area contributed by atoms with E-state index in [1.54, 1.807) is 23.6 Å². The van der Waals surface area contributed by atoms with Crippen LogP contribution in [0.4, 0.5) is 0 Å². The number of hydrogen-bond acceptors (Lipinski definition) is 5. The van der Waals surface area contributed by atoms with Crippen LogP contribution >= 0.6 is 0 Å². The van der Waals surface area contributed by atoms with Crippen molar-refractivity contribution >= 4 is 5.96 Å². The van der Waals surface area contributed by atoms with Crippen LogP contribution in [0, 0.1) is 10.1 Å². The maximum atomic E-state index is 10.1. The van der Waals surface area contributed by atoms with E-state index in [9.17, 15) is 10.1 Å². The highest BCUT2D eigenvalue weighted by molar-refractivity contribution is 5.76. The molecule has 0 aliphatic carbocycles. The van der Waals surface area contributed by atoms with Crippen LogP contribution < -0.4 is 20.6 Å². The Morgan fingerprint density at radius 3 is 2.67 bits per heavy atom. The Balaban J connectivity index is 2.76. The third-order valence-corrected chi connectivity index (χ3v) is 2.09. The van der Waals surface area contributed by atoms with E-state index in [0.29, 0.717) is 11.5 Å². The molecule has 0 spiro atoms. The fraction of sp³-hybridized carbons (Fsp3) is 0.300. The normalized spacial score (nSPS) is 10.9. The third kappa shape index (κ3) is 3.81. The Labute approximate surface area is 104 Å². The zero-order chi connectivity index (χ0) is 13.5. The van der Waals surface area contributed by atoms with Gasteiger partial charge in [0.2, 0.25) is 0 Å². The lowest BCUT2D eigenvalue weighted by Crippen LogP contribution is -2.36. The Morgan fingerprint density at radius 2 is 2.11 bits per heavy atom. The number of hydrogen-bond donors (Lipinski definition) is 2. The number of guanidine groups is 1. The van der Waals surface area contributed by atoms with E-state index in [1.165, 1.54) is 14.2 Å². The highest BCUT2D eigenvalue weighted by Crippen LogP contribution is 2.27. The summed E-state index contributed by atoms with van der Waals surface area (Å²) in [4.78, 5) is 13.9. The van der Waals surface area contributed by atoms with Gasteiger partial charge in [0, 0.05) is 0 Å². The van der Waals surface area contributed by atoms with Crippen molar-refractivity contribution < 1.29 is 14.5 Å². The second-order valence-corrected chi connectivity index (χ2v) is 3.26. The number of rotatable bonds is 5. The van der Waals surface area contributed by atoms with Crippen molar-refractivity contribution in [3.05, 3.63) is 33.9 Å². The minimum absolute atomic E-state index is 0.201. The summed E-state index contributed by atoms with van der Waals surface area (Å²) in [5.41, 5.74) is 7.84. The minimum Gasteiger partial charge on any atom is -0.493 e. The van der Waals surface area contributed by atoms with Crippen molar-refractivity contribution in [3.8, 4) is 11.5 Å². The predicted octanol–water partition coefficient (Wildman–Crippen LogP) is 0.300. The lowest BCUT2D eigenvalue weighted by atomic mass is 10.2. The van der Waals surface area contributed by atoms with Gasteiger partial charge in [-0.1, -0.05) is 11.5 Å². The van der Waals surface area contributed by atoms with Crippen LogP contribution in [0.2, 0.25) is 0 Å². The van der Waals surface area contributed by atoms with Gasteiger partial charge in [0.05, 0.1) is 20.8 Å². The summed E-state index contributed by atoms with van der Waals surface area (Å²) in [6, 6.07) is 5.22. The topological polar surface area (TPSA) is 112 Å². The first-order chi connectivity index (χ1) is 8.56. The number of nitrogens with two attached hydrogens (primary N) is 1. The highest BCUT2D eigenvalue weighted by atomic mass is 16.7. The molecule has 0 aliphatic rings. The van der Waals surface area contributed by atoms with Crippen LogP contribution in [0.5, 0.6) is 11.5 Å². The second kappa shape index (κ2) is 6.28. The molecule has 0 unspecified atom stereocenters. The molecule has 8 nitrogen and oxygen atoms in total. The fourth-order valence-electron chi connectivity index (χ4n) is 1.28. The van der Waals surface area contributed by atoms with E-state index in [4.69, 9.17) is 15.2 Å². The predicted molar refractivity (Wildman–Crippen MR) is 65.0 cm³/mol. The van der Waals surface area contributed by atoms with Gasteiger partial charge >= 0.3 is 0 Å². The number of nitrogens with zero attached hydrogens (tertiary/aromatic N) is 2. The standard InChI is InChI=1S/C10H14N4O4/c1-17-8-4-3-7(5-9(8)18-2)6-12-10(11)13-14(15)16/h3-5H,6H2,1-2H3,(H3,11,12,13). The zero-order valence-electron chi connectivity index (χ0n) is 10.0. The first-order valence-corrected chi connectivity index (χ1v) is 4.98. The van der Waals surface area contributed by atoms with Crippen molar-refractivity contribution in [3.63, 3.8) is 0 Å². The highest BCUT2D eigenvalue weighted by Gasteiger charge is 2.04. The second-order valence-electron chi connectivity index (χ2n) is 3.26. The van der Waals surface area contributed by atoms with Crippen LogP contribution in [-0.4, -0.2) is 25.2 Å². The monoisotopic (exact) mass is 254 g/mol. The van der Waals surface area contributed by atoms with Gasteiger partial charge in [-0.25, -0.2) is 15.1 Å². The molecule has 0 bridgehead atoms. The molecule has 0 heterocycles. The molecule has 0 amide bonds. The molecule has 8 heteroatoms. The summed E-state index contributed by atoms with van der Waals surface area (Å²) >= 11 is 0. The van der Waals surface area contributed by atoms with Crippen molar-refractivity contribution in [1.82, 2.24) is 5.43 Å². The van der Waals surface area contributed by atoms with Gasteiger partial charge in [-0.2, -0.15) is 0 Å². The van der Waals surface area contributed by atoms with E-state index in [0.717, 1.165) is 5.56 Å². The molecular formula is C10H14N4O4. The molecule has 0 aliphatic heterocycles. The number of methoxy groups -OCH3 is 2. The van der Waals surface area contributed by atoms with Crippen molar-refractivity contribution in [2.75, 3.05) is 14.2 Å². The molecule has 1 rings (SSSR count). The number of aliphatic imine (C=N–C) groups is 1. The smallest absolute Gasteiger partial charge is 0.251 e. The molecule has 1 aromatic rings. The molecule has 1 aromatic carbocycles. The van der Waals surface area contributed by atoms with Crippen LogP contribution in [0.15, 0.2) is 23.2 Å². The molecule has 3 N–H and O–H groups in total. The molecular weight excluding hydrogens is 240 g/mol. The number of benzene rings is 1. The van der Waals surface area contributed by atoms with Crippen LogP contribution in [0.3, 0.4) is 0 Å². The Hall–Kier alpha value is -2.51.